The van der Waals surface area contributed by atoms with Gasteiger partial charge in [0.05, 0.1) is 0 Å². The van der Waals surface area contributed by atoms with Crippen molar-refractivity contribution in [2.45, 2.75) is 26.8 Å². The van der Waals surface area contributed by atoms with Gasteiger partial charge in [-0.1, -0.05) is 48.5 Å². The monoisotopic (exact) mass is 332 g/mol. The molecule has 128 valence electrons. The highest BCUT2D eigenvalue weighted by atomic mass is 16.2. The molecule has 0 aliphatic heterocycles. The first-order valence-electron chi connectivity index (χ1n) is 8.56. The highest BCUT2D eigenvalue weighted by Gasteiger charge is 2.20. The molecule has 3 heteroatoms. The zero-order chi connectivity index (χ0) is 18.0. The zero-order valence-electron chi connectivity index (χ0n) is 15.2. The molecular weight excluding hydrogens is 308 g/mol. The number of anilines is 2. The van der Waals surface area contributed by atoms with E-state index in [1.54, 1.807) is 0 Å². The Balaban J connectivity index is 1.81. The van der Waals surface area contributed by atoms with Gasteiger partial charge in [0.15, 0.2) is 0 Å². The van der Waals surface area contributed by atoms with Gasteiger partial charge in [-0.2, -0.15) is 0 Å². The summed E-state index contributed by atoms with van der Waals surface area (Å²) >= 11 is 0. The van der Waals surface area contributed by atoms with Crippen molar-refractivity contribution >= 4 is 28.1 Å². The van der Waals surface area contributed by atoms with Crippen LogP contribution in [0.2, 0.25) is 0 Å². The van der Waals surface area contributed by atoms with Crippen LogP contribution in [0.25, 0.3) is 10.8 Å². The third kappa shape index (κ3) is 3.50. The number of nitrogens with one attached hydrogen (secondary N) is 1. The van der Waals surface area contributed by atoms with Crippen molar-refractivity contribution in [2.75, 3.05) is 17.3 Å². The fourth-order valence-electron chi connectivity index (χ4n) is 3.03. The van der Waals surface area contributed by atoms with Gasteiger partial charge in [-0.3, -0.25) is 4.79 Å². The summed E-state index contributed by atoms with van der Waals surface area (Å²) in [5, 5.41) is 5.46. The molecule has 0 bridgehead atoms. The maximum atomic E-state index is 12.7. The first-order valence-corrected chi connectivity index (χ1v) is 8.56. The first kappa shape index (κ1) is 17.0. The molecule has 1 atom stereocenters. The average molecular weight is 332 g/mol. The van der Waals surface area contributed by atoms with E-state index < -0.39 is 0 Å². The minimum Gasteiger partial charge on any atom is -0.363 e. The number of likely N-dealkylation sites (N-methyl/N-ethyl adjacent to an activating group) is 1. The minimum absolute atomic E-state index is 0.00643. The van der Waals surface area contributed by atoms with Gasteiger partial charge in [-0.15, -0.1) is 0 Å². The van der Waals surface area contributed by atoms with Crippen LogP contribution in [0.1, 0.15) is 18.1 Å². The summed E-state index contributed by atoms with van der Waals surface area (Å²) in [4.78, 5) is 14.8. The molecule has 1 N–H and O–H groups in total. The number of benzene rings is 3. The van der Waals surface area contributed by atoms with Crippen molar-refractivity contribution in [1.82, 2.24) is 0 Å². The maximum absolute atomic E-state index is 12.7. The fourth-order valence-corrected chi connectivity index (χ4v) is 3.03. The lowest BCUT2D eigenvalue weighted by atomic mass is 10.1. The summed E-state index contributed by atoms with van der Waals surface area (Å²) < 4.78 is 0. The molecule has 3 aromatic rings. The Kier molecular flexibility index (Phi) is 4.75. The molecule has 3 rings (SSSR count). The Morgan fingerprint density at radius 3 is 2.24 bits per heavy atom. The number of hydrogen-bond donors (Lipinski definition) is 1. The third-order valence-electron chi connectivity index (χ3n) is 4.83. The van der Waals surface area contributed by atoms with Crippen molar-refractivity contribution < 1.29 is 4.79 Å². The number of rotatable bonds is 4. The second-order valence-electron chi connectivity index (χ2n) is 6.57. The van der Waals surface area contributed by atoms with E-state index in [0.717, 1.165) is 22.5 Å². The molecule has 0 aliphatic carbocycles. The van der Waals surface area contributed by atoms with Crippen LogP contribution in [0.15, 0.2) is 60.7 Å². The molecule has 0 saturated heterocycles. The van der Waals surface area contributed by atoms with Crippen LogP contribution in [0.3, 0.4) is 0 Å². The van der Waals surface area contributed by atoms with E-state index in [-0.39, 0.29) is 11.9 Å². The number of hydrogen-bond acceptors (Lipinski definition) is 2. The minimum atomic E-state index is -0.278. The van der Waals surface area contributed by atoms with Gasteiger partial charge in [0.25, 0.3) is 0 Å². The van der Waals surface area contributed by atoms with Crippen LogP contribution >= 0.6 is 0 Å². The summed E-state index contributed by atoms with van der Waals surface area (Å²) in [6, 6.07) is 20.3. The van der Waals surface area contributed by atoms with Crippen LogP contribution in [0.5, 0.6) is 0 Å². The quantitative estimate of drug-likeness (QED) is 0.735. The lowest BCUT2D eigenvalue weighted by molar-refractivity contribution is -0.117. The van der Waals surface area contributed by atoms with Crippen molar-refractivity contribution in [3.63, 3.8) is 0 Å². The standard InChI is InChI=1S/C22H24N2O/c1-15-8-7-9-16(2)21(15)23-22(25)17(3)24(4)20-13-12-18-10-5-6-11-19(18)14-20/h5-14,17H,1-4H3,(H,23,25). The number of nitrogens with zero attached hydrogens (tertiary/aromatic N) is 1. The summed E-state index contributed by atoms with van der Waals surface area (Å²) in [6.45, 7) is 5.96. The van der Waals surface area contributed by atoms with E-state index >= 15 is 0 Å². The SMILES string of the molecule is Cc1cccc(C)c1NC(=O)C(C)N(C)c1ccc2ccccc2c1. The maximum Gasteiger partial charge on any atom is 0.246 e. The molecule has 25 heavy (non-hydrogen) atoms. The van der Waals surface area contributed by atoms with Gasteiger partial charge in [-0.25, -0.2) is 0 Å². The number of carbonyl (C=O) groups excluding carboxylic acids is 1. The van der Waals surface area contributed by atoms with Crippen LogP contribution in [0.4, 0.5) is 11.4 Å². The Morgan fingerprint density at radius 1 is 0.920 bits per heavy atom. The van der Waals surface area contributed by atoms with E-state index in [1.165, 1.54) is 10.8 Å². The van der Waals surface area contributed by atoms with E-state index in [1.807, 2.05) is 63.1 Å². The Labute approximate surface area is 149 Å². The van der Waals surface area contributed by atoms with E-state index in [9.17, 15) is 4.79 Å². The van der Waals surface area contributed by atoms with Gasteiger partial charge in [0.1, 0.15) is 6.04 Å². The Bertz CT molecular complexity index is 897. The normalized spacial score (nSPS) is 12.0. The molecule has 0 saturated carbocycles. The molecule has 3 aromatic carbocycles. The lowest BCUT2D eigenvalue weighted by Gasteiger charge is -2.27. The van der Waals surface area contributed by atoms with Crippen molar-refractivity contribution in [1.29, 1.82) is 0 Å². The molecule has 3 nitrogen and oxygen atoms in total. The lowest BCUT2D eigenvalue weighted by Crippen LogP contribution is -2.39. The van der Waals surface area contributed by atoms with Crippen LogP contribution in [0, 0.1) is 13.8 Å². The molecular formula is C22H24N2O. The Morgan fingerprint density at radius 2 is 1.56 bits per heavy atom. The predicted molar refractivity (Wildman–Crippen MR) is 106 cm³/mol. The molecule has 0 aliphatic rings. The van der Waals surface area contributed by atoms with Gasteiger partial charge in [0.2, 0.25) is 5.91 Å². The second-order valence-corrected chi connectivity index (χ2v) is 6.57. The smallest absolute Gasteiger partial charge is 0.246 e. The van der Waals surface area contributed by atoms with Gasteiger partial charge in [-0.05, 0) is 54.8 Å². The van der Waals surface area contributed by atoms with E-state index in [0.29, 0.717) is 0 Å². The molecule has 0 radical (unpaired) electrons. The third-order valence-corrected chi connectivity index (χ3v) is 4.83. The van der Waals surface area contributed by atoms with Crippen LogP contribution in [-0.2, 0) is 4.79 Å². The number of carbonyl (C=O) groups is 1. The molecule has 0 aromatic heterocycles. The zero-order valence-corrected chi connectivity index (χ0v) is 15.2. The van der Waals surface area contributed by atoms with E-state index in [2.05, 4.69) is 35.6 Å². The summed E-state index contributed by atoms with van der Waals surface area (Å²) in [5.74, 6) is -0.00643. The Hall–Kier alpha value is -2.81. The highest BCUT2D eigenvalue weighted by Crippen LogP contribution is 2.24. The number of amides is 1. The van der Waals surface area contributed by atoms with Gasteiger partial charge < -0.3 is 10.2 Å². The molecule has 0 fully saturated rings. The molecule has 0 spiro atoms. The van der Waals surface area contributed by atoms with Crippen LogP contribution < -0.4 is 10.2 Å². The molecule has 1 unspecified atom stereocenters. The fraction of sp³-hybridized carbons (Fsp3) is 0.227. The number of aryl methyl sites for hydroxylation is 2. The van der Waals surface area contributed by atoms with Crippen LogP contribution in [-0.4, -0.2) is 19.0 Å². The molecule has 0 heterocycles. The van der Waals surface area contributed by atoms with Gasteiger partial charge in [0, 0.05) is 18.4 Å². The summed E-state index contributed by atoms with van der Waals surface area (Å²) in [5.41, 5.74) is 4.09. The average Bonchev–Trinajstić information content (AvgIpc) is 2.63. The predicted octanol–water partition coefficient (Wildman–Crippen LogP) is 4.92. The highest BCUT2D eigenvalue weighted by molar-refractivity contribution is 5.98. The first-order chi connectivity index (χ1) is 12.0. The largest absolute Gasteiger partial charge is 0.363 e. The topological polar surface area (TPSA) is 32.3 Å². The number of fused-ring (bicyclic) bond motifs is 1. The summed E-state index contributed by atoms with van der Waals surface area (Å²) in [6.07, 6.45) is 0. The van der Waals surface area contributed by atoms with Crippen molar-refractivity contribution in [2.24, 2.45) is 0 Å². The van der Waals surface area contributed by atoms with Crippen molar-refractivity contribution in [3.8, 4) is 0 Å². The summed E-state index contributed by atoms with van der Waals surface area (Å²) in [7, 11) is 1.96. The van der Waals surface area contributed by atoms with Crippen molar-refractivity contribution in [3.05, 3.63) is 71.8 Å². The van der Waals surface area contributed by atoms with E-state index in [4.69, 9.17) is 0 Å². The number of para-hydroxylation sites is 1. The molecule has 1 amide bonds. The second kappa shape index (κ2) is 6.98. The van der Waals surface area contributed by atoms with Gasteiger partial charge >= 0.3 is 0 Å².